The molecule has 0 spiro atoms. The fourth-order valence-electron chi connectivity index (χ4n) is 3.20. The van der Waals surface area contributed by atoms with Crippen LogP contribution in [0.15, 0.2) is 18.2 Å². The van der Waals surface area contributed by atoms with Gasteiger partial charge in [0.05, 0.1) is 0 Å². The molecule has 1 N–H and O–H groups in total. The summed E-state index contributed by atoms with van der Waals surface area (Å²) in [5, 5.41) is 4.42. The van der Waals surface area contributed by atoms with Gasteiger partial charge in [-0.3, -0.25) is 0 Å². The van der Waals surface area contributed by atoms with Gasteiger partial charge in [0, 0.05) is 11.1 Å². The number of benzene rings is 1. The summed E-state index contributed by atoms with van der Waals surface area (Å²) in [4.78, 5) is 0. The topological polar surface area (TPSA) is 21.3 Å². The second-order valence-electron chi connectivity index (χ2n) is 6.48. The molecule has 0 amide bonds. The highest BCUT2D eigenvalue weighted by Gasteiger charge is 2.39. The minimum absolute atomic E-state index is 0.235. The van der Waals surface area contributed by atoms with Crippen molar-refractivity contribution in [3.63, 3.8) is 0 Å². The Morgan fingerprint density at radius 2 is 2.15 bits per heavy atom. The number of nitrogens with one attached hydrogen (secondary N) is 1. The Labute approximate surface area is 127 Å². The Hall–Kier alpha value is -0.730. The minimum atomic E-state index is 0.235. The highest BCUT2D eigenvalue weighted by molar-refractivity contribution is 6.31. The van der Waals surface area contributed by atoms with Crippen LogP contribution in [0.3, 0.4) is 0 Å². The molecule has 0 heterocycles. The third-order valence-corrected chi connectivity index (χ3v) is 4.79. The first kappa shape index (κ1) is 15.7. The molecule has 0 bridgehead atoms. The number of likely N-dealkylation sites (N-methyl/N-ethyl adjacent to an activating group) is 1. The van der Waals surface area contributed by atoms with Gasteiger partial charge in [-0.25, -0.2) is 0 Å². The molecule has 3 heteroatoms. The molecule has 2 nitrogen and oxygen atoms in total. The van der Waals surface area contributed by atoms with Gasteiger partial charge in [-0.2, -0.15) is 0 Å². The molecule has 1 fully saturated rings. The van der Waals surface area contributed by atoms with E-state index in [9.17, 15) is 0 Å². The third kappa shape index (κ3) is 3.48. The standard InChI is InChI=1S/C17H26ClNO/c1-5-19-16-15(7-6-10-17(16,3)4)20-13-8-9-14(18)12(2)11-13/h8-9,11,15-16,19H,5-7,10H2,1-4H3. The van der Waals surface area contributed by atoms with Gasteiger partial charge in [-0.1, -0.05) is 32.4 Å². The second kappa shape index (κ2) is 6.36. The maximum atomic E-state index is 6.27. The number of rotatable bonds is 4. The summed E-state index contributed by atoms with van der Waals surface area (Å²) in [5.41, 5.74) is 1.35. The van der Waals surface area contributed by atoms with Gasteiger partial charge in [-0.15, -0.1) is 0 Å². The summed E-state index contributed by atoms with van der Waals surface area (Å²) in [6.45, 7) is 9.83. The lowest BCUT2D eigenvalue weighted by Crippen LogP contribution is -2.54. The van der Waals surface area contributed by atoms with Gasteiger partial charge in [0.2, 0.25) is 0 Å². The normalized spacial score (nSPS) is 25.4. The smallest absolute Gasteiger partial charge is 0.120 e. The molecule has 2 atom stereocenters. The van der Waals surface area contributed by atoms with E-state index in [2.05, 4.69) is 26.1 Å². The van der Waals surface area contributed by atoms with Crippen molar-refractivity contribution in [3.8, 4) is 5.75 Å². The Morgan fingerprint density at radius 3 is 2.80 bits per heavy atom. The summed E-state index contributed by atoms with van der Waals surface area (Å²) in [7, 11) is 0. The summed E-state index contributed by atoms with van der Waals surface area (Å²) in [6.07, 6.45) is 3.83. The molecule has 0 saturated heterocycles. The van der Waals surface area contributed by atoms with E-state index in [-0.39, 0.29) is 11.5 Å². The summed E-state index contributed by atoms with van der Waals surface area (Å²) in [6, 6.07) is 6.33. The van der Waals surface area contributed by atoms with Gasteiger partial charge in [0.1, 0.15) is 11.9 Å². The van der Waals surface area contributed by atoms with Crippen LogP contribution in [-0.4, -0.2) is 18.7 Å². The molecule has 0 radical (unpaired) electrons. The maximum absolute atomic E-state index is 6.27. The molecular weight excluding hydrogens is 270 g/mol. The summed E-state index contributed by atoms with van der Waals surface area (Å²) >= 11 is 6.08. The molecule has 1 aromatic carbocycles. The van der Waals surface area contributed by atoms with Crippen LogP contribution in [0.2, 0.25) is 5.02 Å². The van der Waals surface area contributed by atoms with Crippen molar-refractivity contribution >= 4 is 11.6 Å². The highest BCUT2D eigenvalue weighted by Crippen LogP contribution is 2.37. The van der Waals surface area contributed by atoms with Crippen molar-refractivity contribution < 1.29 is 4.74 Å². The molecule has 2 rings (SSSR count). The zero-order valence-corrected chi connectivity index (χ0v) is 13.8. The molecular formula is C17H26ClNO. The number of hydrogen-bond donors (Lipinski definition) is 1. The average molecular weight is 296 g/mol. The van der Waals surface area contributed by atoms with E-state index in [1.807, 2.05) is 25.1 Å². The Morgan fingerprint density at radius 1 is 1.40 bits per heavy atom. The van der Waals surface area contributed by atoms with Crippen LogP contribution in [0.5, 0.6) is 5.75 Å². The van der Waals surface area contributed by atoms with Crippen LogP contribution in [0, 0.1) is 12.3 Å². The molecule has 0 aromatic heterocycles. The predicted molar refractivity (Wildman–Crippen MR) is 85.7 cm³/mol. The van der Waals surface area contributed by atoms with Crippen LogP contribution in [0.1, 0.15) is 45.6 Å². The van der Waals surface area contributed by atoms with E-state index >= 15 is 0 Å². The fourth-order valence-corrected chi connectivity index (χ4v) is 3.32. The molecule has 1 aliphatic carbocycles. The molecule has 1 aliphatic rings. The quantitative estimate of drug-likeness (QED) is 0.877. The Bertz CT molecular complexity index is 458. The van der Waals surface area contributed by atoms with E-state index in [0.29, 0.717) is 6.04 Å². The van der Waals surface area contributed by atoms with Crippen LogP contribution >= 0.6 is 11.6 Å². The zero-order chi connectivity index (χ0) is 14.8. The zero-order valence-electron chi connectivity index (χ0n) is 13.0. The van der Waals surface area contributed by atoms with Gasteiger partial charge < -0.3 is 10.1 Å². The van der Waals surface area contributed by atoms with Crippen molar-refractivity contribution in [2.45, 2.75) is 59.1 Å². The van der Waals surface area contributed by atoms with Gasteiger partial charge in [-0.05, 0) is 61.9 Å². The fraction of sp³-hybridized carbons (Fsp3) is 0.647. The number of halogens is 1. The van der Waals surface area contributed by atoms with Crippen LogP contribution in [-0.2, 0) is 0 Å². The van der Waals surface area contributed by atoms with Crippen molar-refractivity contribution in [1.82, 2.24) is 5.32 Å². The highest BCUT2D eigenvalue weighted by atomic mass is 35.5. The monoisotopic (exact) mass is 295 g/mol. The SMILES string of the molecule is CCNC1C(Oc2ccc(Cl)c(C)c2)CCCC1(C)C. The number of ether oxygens (including phenoxy) is 1. The van der Waals surface area contributed by atoms with E-state index in [0.717, 1.165) is 29.3 Å². The number of aryl methyl sites for hydroxylation is 1. The lowest BCUT2D eigenvalue weighted by Gasteiger charge is -2.44. The van der Waals surface area contributed by atoms with Gasteiger partial charge in [0.25, 0.3) is 0 Å². The Balaban J connectivity index is 2.14. The number of hydrogen-bond acceptors (Lipinski definition) is 2. The molecule has 1 saturated carbocycles. The molecule has 0 aliphatic heterocycles. The summed E-state index contributed by atoms with van der Waals surface area (Å²) in [5.74, 6) is 0.928. The lowest BCUT2D eigenvalue weighted by molar-refractivity contribution is 0.0372. The molecule has 20 heavy (non-hydrogen) atoms. The Kier molecular flexibility index (Phi) is 4.98. The van der Waals surface area contributed by atoms with E-state index < -0.39 is 0 Å². The van der Waals surface area contributed by atoms with Crippen molar-refractivity contribution in [2.75, 3.05) is 6.54 Å². The molecule has 1 aromatic rings. The molecule has 2 unspecified atom stereocenters. The van der Waals surface area contributed by atoms with Gasteiger partial charge >= 0.3 is 0 Å². The second-order valence-corrected chi connectivity index (χ2v) is 6.89. The van der Waals surface area contributed by atoms with Crippen molar-refractivity contribution in [3.05, 3.63) is 28.8 Å². The largest absolute Gasteiger partial charge is 0.489 e. The first-order valence-corrected chi connectivity index (χ1v) is 7.98. The minimum Gasteiger partial charge on any atom is -0.489 e. The van der Waals surface area contributed by atoms with Crippen molar-refractivity contribution in [1.29, 1.82) is 0 Å². The van der Waals surface area contributed by atoms with Crippen LogP contribution in [0.4, 0.5) is 0 Å². The van der Waals surface area contributed by atoms with Gasteiger partial charge in [0.15, 0.2) is 0 Å². The lowest BCUT2D eigenvalue weighted by atomic mass is 9.71. The van der Waals surface area contributed by atoms with E-state index in [1.54, 1.807) is 0 Å². The first-order valence-electron chi connectivity index (χ1n) is 7.60. The van der Waals surface area contributed by atoms with Crippen molar-refractivity contribution in [2.24, 2.45) is 5.41 Å². The predicted octanol–water partition coefficient (Wildman–Crippen LogP) is 4.58. The molecule has 112 valence electrons. The van der Waals surface area contributed by atoms with E-state index in [4.69, 9.17) is 16.3 Å². The van der Waals surface area contributed by atoms with Crippen LogP contribution < -0.4 is 10.1 Å². The summed E-state index contributed by atoms with van der Waals surface area (Å²) < 4.78 is 6.27. The maximum Gasteiger partial charge on any atom is 0.120 e. The third-order valence-electron chi connectivity index (χ3n) is 4.36. The van der Waals surface area contributed by atoms with Crippen LogP contribution in [0.25, 0.3) is 0 Å². The average Bonchev–Trinajstić information content (AvgIpc) is 2.38. The van der Waals surface area contributed by atoms with E-state index in [1.165, 1.54) is 12.8 Å². The first-order chi connectivity index (χ1) is 9.44.